The molecule has 1 aliphatic rings. The minimum absolute atomic E-state index is 0.174. The fourth-order valence-electron chi connectivity index (χ4n) is 2.86. The molecule has 110 valence electrons. The van der Waals surface area contributed by atoms with Gasteiger partial charge in [-0.1, -0.05) is 25.1 Å². The lowest BCUT2D eigenvalue weighted by Gasteiger charge is -2.35. The Balaban J connectivity index is 2.00. The van der Waals surface area contributed by atoms with E-state index in [0.29, 0.717) is 6.54 Å². The van der Waals surface area contributed by atoms with Gasteiger partial charge in [-0.3, -0.25) is 4.79 Å². The van der Waals surface area contributed by atoms with Gasteiger partial charge in [0.25, 0.3) is 0 Å². The van der Waals surface area contributed by atoms with Crippen molar-refractivity contribution < 1.29 is 9.53 Å². The van der Waals surface area contributed by atoms with Gasteiger partial charge in [0.1, 0.15) is 5.75 Å². The molecule has 0 aliphatic carbocycles. The average molecular weight is 276 g/mol. The highest BCUT2D eigenvalue weighted by Gasteiger charge is 2.37. The first-order chi connectivity index (χ1) is 9.72. The summed E-state index contributed by atoms with van der Waals surface area (Å²) in [6, 6.07) is 7.80. The summed E-state index contributed by atoms with van der Waals surface area (Å²) in [6.45, 7) is 4.48. The predicted molar refractivity (Wildman–Crippen MR) is 79.7 cm³/mol. The number of amides is 1. The molecule has 1 aromatic carbocycles. The molecule has 1 heterocycles. The van der Waals surface area contributed by atoms with E-state index in [0.717, 1.165) is 43.7 Å². The van der Waals surface area contributed by atoms with Gasteiger partial charge in [0.05, 0.1) is 12.5 Å². The Hall–Kier alpha value is -1.55. The molecule has 2 rings (SSSR count). The zero-order valence-corrected chi connectivity index (χ0v) is 12.4. The minimum atomic E-state index is -0.201. The molecule has 0 bridgehead atoms. The highest BCUT2D eigenvalue weighted by molar-refractivity contribution is 5.82. The molecule has 0 radical (unpaired) electrons. The van der Waals surface area contributed by atoms with Gasteiger partial charge in [0.15, 0.2) is 0 Å². The van der Waals surface area contributed by atoms with Crippen molar-refractivity contribution in [2.75, 3.05) is 20.2 Å². The fourth-order valence-corrected chi connectivity index (χ4v) is 2.86. The van der Waals surface area contributed by atoms with Crippen molar-refractivity contribution in [3.05, 3.63) is 29.8 Å². The molecule has 20 heavy (non-hydrogen) atoms. The lowest BCUT2D eigenvalue weighted by molar-refractivity contribution is -0.133. The van der Waals surface area contributed by atoms with Crippen molar-refractivity contribution in [3.8, 4) is 5.75 Å². The maximum absolute atomic E-state index is 12.5. The first-order valence-electron chi connectivity index (χ1n) is 7.33. The molecule has 2 N–H and O–H groups in total. The van der Waals surface area contributed by atoms with E-state index in [2.05, 4.69) is 17.6 Å². The van der Waals surface area contributed by atoms with Crippen molar-refractivity contribution in [2.45, 2.75) is 32.7 Å². The molecule has 0 spiro atoms. The summed E-state index contributed by atoms with van der Waals surface area (Å²) in [5.74, 6) is 0.996. The first-order valence-corrected chi connectivity index (χ1v) is 7.33. The Kier molecular flexibility index (Phi) is 5.01. The Morgan fingerprint density at radius 1 is 1.35 bits per heavy atom. The molecule has 0 saturated carbocycles. The van der Waals surface area contributed by atoms with E-state index in [4.69, 9.17) is 4.74 Å². The van der Waals surface area contributed by atoms with E-state index in [1.165, 1.54) is 0 Å². The fraction of sp³-hybridized carbons (Fsp3) is 0.562. The van der Waals surface area contributed by atoms with Gasteiger partial charge in [0, 0.05) is 12.1 Å². The van der Waals surface area contributed by atoms with E-state index < -0.39 is 0 Å². The smallest absolute Gasteiger partial charge is 0.226 e. The van der Waals surface area contributed by atoms with Crippen LogP contribution >= 0.6 is 0 Å². The zero-order valence-electron chi connectivity index (χ0n) is 12.4. The summed E-state index contributed by atoms with van der Waals surface area (Å²) < 4.78 is 5.31. The van der Waals surface area contributed by atoms with E-state index in [9.17, 15) is 4.79 Å². The molecule has 1 fully saturated rings. The summed E-state index contributed by atoms with van der Waals surface area (Å²) in [7, 11) is 1.65. The van der Waals surface area contributed by atoms with Crippen molar-refractivity contribution in [2.24, 2.45) is 5.41 Å². The number of piperidine rings is 1. The lowest BCUT2D eigenvalue weighted by atomic mass is 9.76. The van der Waals surface area contributed by atoms with Crippen molar-refractivity contribution in [3.63, 3.8) is 0 Å². The largest absolute Gasteiger partial charge is 0.496 e. The summed E-state index contributed by atoms with van der Waals surface area (Å²) in [5.41, 5.74) is 0.816. The quantitative estimate of drug-likeness (QED) is 0.866. The SMILES string of the molecule is CCC1(C(=O)NCc2ccccc2OC)CCNCC1. The molecule has 4 heteroatoms. The standard InChI is InChI=1S/C16H24N2O2/c1-3-16(8-10-17-11-9-16)15(19)18-12-13-6-4-5-7-14(13)20-2/h4-7,17H,3,8-12H2,1-2H3,(H,18,19). The van der Waals surface area contributed by atoms with Crippen LogP contribution in [0, 0.1) is 5.41 Å². The molecular formula is C16H24N2O2. The molecule has 1 saturated heterocycles. The average Bonchev–Trinajstić information content (AvgIpc) is 2.53. The van der Waals surface area contributed by atoms with Gasteiger partial charge in [-0.2, -0.15) is 0 Å². The van der Waals surface area contributed by atoms with Crippen molar-refractivity contribution in [1.29, 1.82) is 0 Å². The number of nitrogens with one attached hydrogen (secondary N) is 2. The van der Waals surface area contributed by atoms with Crippen LogP contribution in [-0.2, 0) is 11.3 Å². The molecule has 0 unspecified atom stereocenters. The maximum Gasteiger partial charge on any atom is 0.226 e. The number of benzene rings is 1. The summed E-state index contributed by atoms with van der Waals surface area (Å²) in [5, 5.41) is 6.41. The maximum atomic E-state index is 12.5. The van der Waals surface area contributed by atoms with Gasteiger partial charge >= 0.3 is 0 Å². The summed E-state index contributed by atoms with van der Waals surface area (Å²) in [4.78, 5) is 12.5. The number of carbonyl (C=O) groups excluding carboxylic acids is 1. The molecular weight excluding hydrogens is 252 g/mol. The number of rotatable bonds is 5. The third-order valence-corrected chi connectivity index (χ3v) is 4.35. The Morgan fingerprint density at radius 2 is 2.05 bits per heavy atom. The Bertz CT molecular complexity index is 454. The number of hydrogen-bond donors (Lipinski definition) is 2. The molecule has 0 aromatic heterocycles. The second-order valence-electron chi connectivity index (χ2n) is 5.38. The van der Waals surface area contributed by atoms with E-state index in [1.54, 1.807) is 7.11 Å². The molecule has 1 aliphatic heterocycles. The van der Waals surface area contributed by atoms with Crippen molar-refractivity contribution in [1.82, 2.24) is 10.6 Å². The number of ether oxygens (including phenoxy) is 1. The van der Waals surface area contributed by atoms with Crippen LogP contribution in [-0.4, -0.2) is 26.1 Å². The van der Waals surface area contributed by atoms with Gasteiger partial charge in [-0.15, -0.1) is 0 Å². The van der Waals surface area contributed by atoms with E-state index >= 15 is 0 Å². The van der Waals surface area contributed by atoms with Gasteiger partial charge < -0.3 is 15.4 Å². The van der Waals surface area contributed by atoms with Crippen LogP contribution in [0.15, 0.2) is 24.3 Å². The number of para-hydroxylation sites is 1. The van der Waals surface area contributed by atoms with Crippen molar-refractivity contribution >= 4 is 5.91 Å². The monoisotopic (exact) mass is 276 g/mol. The van der Waals surface area contributed by atoms with Gasteiger partial charge in [-0.25, -0.2) is 0 Å². The van der Waals surface area contributed by atoms with Crippen LogP contribution in [0.4, 0.5) is 0 Å². The lowest BCUT2D eigenvalue weighted by Crippen LogP contribution is -2.47. The second-order valence-corrected chi connectivity index (χ2v) is 5.38. The Morgan fingerprint density at radius 3 is 2.70 bits per heavy atom. The highest BCUT2D eigenvalue weighted by atomic mass is 16.5. The van der Waals surface area contributed by atoms with Crippen LogP contribution in [0.1, 0.15) is 31.7 Å². The van der Waals surface area contributed by atoms with Gasteiger partial charge in [-0.05, 0) is 38.4 Å². The molecule has 0 atom stereocenters. The molecule has 1 aromatic rings. The van der Waals surface area contributed by atoms with Crippen LogP contribution in [0.5, 0.6) is 5.75 Å². The topological polar surface area (TPSA) is 50.4 Å². The summed E-state index contributed by atoms with van der Waals surface area (Å²) in [6.07, 6.45) is 2.73. The highest BCUT2D eigenvalue weighted by Crippen LogP contribution is 2.32. The van der Waals surface area contributed by atoms with E-state index in [-0.39, 0.29) is 11.3 Å². The third kappa shape index (κ3) is 3.12. The van der Waals surface area contributed by atoms with Crippen LogP contribution in [0.25, 0.3) is 0 Å². The van der Waals surface area contributed by atoms with Gasteiger partial charge in [0.2, 0.25) is 5.91 Å². The van der Waals surface area contributed by atoms with Crippen LogP contribution < -0.4 is 15.4 Å². The minimum Gasteiger partial charge on any atom is -0.496 e. The zero-order chi connectivity index (χ0) is 14.4. The first kappa shape index (κ1) is 14.9. The van der Waals surface area contributed by atoms with Crippen LogP contribution in [0.2, 0.25) is 0 Å². The molecule has 1 amide bonds. The number of methoxy groups -OCH3 is 1. The number of carbonyl (C=O) groups is 1. The Labute approximate surface area is 120 Å². The van der Waals surface area contributed by atoms with Crippen LogP contribution in [0.3, 0.4) is 0 Å². The van der Waals surface area contributed by atoms with E-state index in [1.807, 2.05) is 24.3 Å². The predicted octanol–water partition coefficient (Wildman–Crippen LogP) is 2.09. The molecule has 4 nitrogen and oxygen atoms in total. The normalized spacial score (nSPS) is 17.5. The third-order valence-electron chi connectivity index (χ3n) is 4.35. The summed E-state index contributed by atoms with van der Waals surface area (Å²) >= 11 is 0. The second kappa shape index (κ2) is 6.75. The number of hydrogen-bond acceptors (Lipinski definition) is 3.